The highest BCUT2D eigenvalue weighted by Crippen LogP contribution is 2.29. The van der Waals surface area contributed by atoms with Crippen LogP contribution in [-0.4, -0.2) is 51.2 Å². The second kappa shape index (κ2) is 9.65. The molecule has 30 heavy (non-hydrogen) atoms. The summed E-state index contributed by atoms with van der Waals surface area (Å²) in [5.74, 6) is 0.212. The highest BCUT2D eigenvalue weighted by molar-refractivity contribution is 6.07. The van der Waals surface area contributed by atoms with Gasteiger partial charge in [0.05, 0.1) is 25.6 Å². The Kier molecular flexibility index (Phi) is 6.75. The quantitative estimate of drug-likeness (QED) is 0.583. The summed E-state index contributed by atoms with van der Waals surface area (Å²) in [6.07, 6.45) is 1.54. The predicted molar refractivity (Wildman–Crippen MR) is 112 cm³/mol. The molecule has 0 saturated carbocycles. The summed E-state index contributed by atoms with van der Waals surface area (Å²) < 4.78 is 24.4. The maximum atomic E-state index is 14.0. The zero-order chi connectivity index (χ0) is 21.5. The van der Waals surface area contributed by atoms with E-state index in [1.54, 1.807) is 42.6 Å². The smallest absolute Gasteiger partial charge is 0.267 e. The van der Waals surface area contributed by atoms with E-state index in [4.69, 9.17) is 9.47 Å². The number of carbonyl (C=O) groups excluding carboxylic acids is 1. The molecule has 8 heteroatoms. The third-order valence-corrected chi connectivity index (χ3v) is 4.84. The molecular weight excluding hydrogens is 387 g/mol. The highest BCUT2D eigenvalue weighted by atomic mass is 19.1. The van der Waals surface area contributed by atoms with E-state index in [-0.39, 0.29) is 11.4 Å². The Morgan fingerprint density at radius 3 is 2.50 bits per heavy atom. The van der Waals surface area contributed by atoms with Crippen LogP contribution in [0.5, 0.6) is 11.5 Å². The van der Waals surface area contributed by atoms with Crippen molar-refractivity contribution in [1.29, 1.82) is 5.26 Å². The van der Waals surface area contributed by atoms with Gasteiger partial charge in [0, 0.05) is 38.4 Å². The molecule has 1 N–H and O–H groups in total. The van der Waals surface area contributed by atoms with Crippen molar-refractivity contribution in [3.8, 4) is 17.6 Å². The van der Waals surface area contributed by atoms with Crippen molar-refractivity contribution in [2.24, 2.45) is 0 Å². The van der Waals surface area contributed by atoms with Gasteiger partial charge in [0.15, 0.2) is 0 Å². The lowest BCUT2D eigenvalue weighted by Gasteiger charge is -2.35. The van der Waals surface area contributed by atoms with Crippen LogP contribution >= 0.6 is 0 Å². The number of methoxy groups -OCH3 is 2. The fraction of sp³-hybridized carbons (Fsp3) is 0.273. The van der Waals surface area contributed by atoms with E-state index in [1.165, 1.54) is 20.3 Å². The van der Waals surface area contributed by atoms with E-state index in [0.29, 0.717) is 49.1 Å². The summed E-state index contributed by atoms with van der Waals surface area (Å²) >= 11 is 0. The molecule has 3 rings (SSSR count). The summed E-state index contributed by atoms with van der Waals surface area (Å²) in [6.45, 7) is 2.30. The minimum atomic E-state index is -0.541. The number of ether oxygens (including phenoxy) is 2. The number of para-hydroxylation sites is 1. The molecule has 1 aliphatic heterocycles. The van der Waals surface area contributed by atoms with Crippen LogP contribution in [-0.2, 0) is 4.79 Å². The second-order valence-electron chi connectivity index (χ2n) is 6.65. The highest BCUT2D eigenvalue weighted by Gasteiger charge is 2.20. The number of hydrogen-bond donors (Lipinski definition) is 1. The third-order valence-electron chi connectivity index (χ3n) is 4.84. The van der Waals surface area contributed by atoms with Gasteiger partial charge in [-0.1, -0.05) is 12.1 Å². The molecular formula is C22H23FN4O3. The van der Waals surface area contributed by atoms with E-state index in [0.717, 1.165) is 0 Å². The Morgan fingerprint density at radius 1 is 1.13 bits per heavy atom. The Balaban J connectivity index is 1.67. The Hall–Kier alpha value is -3.73. The summed E-state index contributed by atoms with van der Waals surface area (Å²) in [7, 11) is 3.02. The molecule has 0 aliphatic carbocycles. The minimum absolute atomic E-state index is 0.0285. The third kappa shape index (κ3) is 4.81. The van der Waals surface area contributed by atoms with Crippen molar-refractivity contribution in [2.75, 3.05) is 50.6 Å². The summed E-state index contributed by atoms with van der Waals surface area (Å²) in [5.41, 5.74) is 0.941. The van der Waals surface area contributed by atoms with E-state index in [2.05, 4.69) is 5.32 Å². The molecule has 1 heterocycles. The van der Waals surface area contributed by atoms with Crippen molar-refractivity contribution >= 4 is 17.3 Å². The first-order chi connectivity index (χ1) is 14.5. The number of anilines is 2. The lowest BCUT2D eigenvalue weighted by molar-refractivity contribution is -0.112. The number of nitriles is 1. The molecule has 1 aliphatic rings. The lowest BCUT2D eigenvalue weighted by Crippen LogP contribution is -2.44. The van der Waals surface area contributed by atoms with Gasteiger partial charge in [-0.15, -0.1) is 0 Å². The zero-order valence-electron chi connectivity index (χ0n) is 16.9. The van der Waals surface area contributed by atoms with Crippen molar-refractivity contribution in [3.05, 3.63) is 60.1 Å². The topological polar surface area (TPSA) is 77.8 Å². The van der Waals surface area contributed by atoms with Crippen LogP contribution in [0.2, 0.25) is 0 Å². The molecule has 0 bridgehead atoms. The maximum absolute atomic E-state index is 14.0. The number of amides is 1. The molecule has 1 amide bonds. The van der Waals surface area contributed by atoms with Gasteiger partial charge in [-0.3, -0.25) is 4.79 Å². The zero-order valence-corrected chi connectivity index (χ0v) is 16.9. The van der Waals surface area contributed by atoms with E-state index < -0.39 is 5.91 Å². The van der Waals surface area contributed by atoms with Crippen LogP contribution in [0.15, 0.2) is 54.2 Å². The molecule has 7 nitrogen and oxygen atoms in total. The average Bonchev–Trinajstić information content (AvgIpc) is 2.78. The van der Waals surface area contributed by atoms with Gasteiger partial charge in [0.1, 0.15) is 29.0 Å². The van der Waals surface area contributed by atoms with Gasteiger partial charge in [-0.05, 0) is 24.3 Å². The number of halogens is 1. The van der Waals surface area contributed by atoms with E-state index >= 15 is 0 Å². The monoisotopic (exact) mass is 410 g/mol. The molecule has 2 aromatic carbocycles. The minimum Gasteiger partial charge on any atom is -0.497 e. The molecule has 0 radical (unpaired) electrons. The van der Waals surface area contributed by atoms with Gasteiger partial charge in [-0.25, -0.2) is 4.39 Å². The molecule has 1 fully saturated rings. The van der Waals surface area contributed by atoms with Gasteiger partial charge in [0.25, 0.3) is 5.91 Å². The van der Waals surface area contributed by atoms with Crippen molar-refractivity contribution in [2.45, 2.75) is 0 Å². The number of piperazine rings is 1. The molecule has 1 saturated heterocycles. The van der Waals surface area contributed by atoms with Crippen molar-refractivity contribution < 1.29 is 18.7 Å². The molecule has 0 unspecified atom stereocenters. The van der Waals surface area contributed by atoms with Gasteiger partial charge < -0.3 is 24.6 Å². The van der Waals surface area contributed by atoms with Crippen LogP contribution < -0.4 is 19.7 Å². The van der Waals surface area contributed by atoms with Crippen LogP contribution in [0.3, 0.4) is 0 Å². The fourth-order valence-corrected chi connectivity index (χ4v) is 3.22. The van der Waals surface area contributed by atoms with Crippen LogP contribution in [0, 0.1) is 17.1 Å². The standard InChI is InChI=1S/C22H23FN4O3/c1-29-17-7-8-21(30-2)19(13-17)25-22(28)16(14-24)15-26-9-11-27(12-10-26)20-6-4-3-5-18(20)23/h3-8,13,15H,9-12H2,1-2H3,(H,25,28)/b16-15-. The van der Waals surface area contributed by atoms with Crippen molar-refractivity contribution in [1.82, 2.24) is 4.90 Å². The normalized spacial score (nSPS) is 14.1. The molecule has 2 aromatic rings. The first-order valence-corrected chi connectivity index (χ1v) is 9.44. The summed E-state index contributed by atoms with van der Waals surface area (Å²) in [4.78, 5) is 16.5. The number of carbonyl (C=O) groups is 1. The SMILES string of the molecule is COc1ccc(OC)c(NC(=O)/C(C#N)=C\N2CCN(c3ccccc3F)CC2)c1. The second-order valence-corrected chi connectivity index (χ2v) is 6.65. The summed E-state index contributed by atoms with van der Waals surface area (Å²) in [6, 6.07) is 13.6. The number of nitrogens with one attached hydrogen (secondary N) is 1. The van der Waals surface area contributed by atoms with Crippen LogP contribution in [0.1, 0.15) is 0 Å². The lowest BCUT2D eigenvalue weighted by atomic mass is 10.2. The van der Waals surface area contributed by atoms with E-state index in [9.17, 15) is 14.4 Å². The van der Waals surface area contributed by atoms with Crippen molar-refractivity contribution in [3.63, 3.8) is 0 Å². The van der Waals surface area contributed by atoms with E-state index in [1.807, 2.05) is 15.9 Å². The maximum Gasteiger partial charge on any atom is 0.267 e. The Morgan fingerprint density at radius 2 is 1.87 bits per heavy atom. The molecule has 0 aromatic heterocycles. The van der Waals surface area contributed by atoms with Gasteiger partial charge in [-0.2, -0.15) is 5.26 Å². The first-order valence-electron chi connectivity index (χ1n) is 9.44. The number of rotatable bonds is 6. The van der Waals surface area contributed by atoms with Crippen LogP contribution in [0.4, 0.5) is 15.8 Å². The number of nitrogens with zero attached hydrogens (tertiary/aromatic N) is 3. The molecule has 0 spiro atoms. The average molecular weight is 410 g/mol. The largest absolute Gasteiger partial charge is 0.497 e. The first kappa shape index (κ1) is 21.0. The molecule has 156 valence electrons. The number of hydrogen-bond acceptors (Lipinski definition) is 6. The van der Waals surface area contributed by atoms with Gasteiger partial charge in [0.2, 0.25) is 0 Å². The number of benzene rings is 2. The Labute approximate surface area is 174 Å². The van der Waals surface area contributed by atoms with Gasteiger partial charge >= 0.3 is 0 Å². The predicted octanol–water partition coefficient (Wildman–Crippen LogP) is 3.01. The molecule has 0 atom stereocenters. The Bertz CT molecular complexity index is 979. The van der Waals surface area contributed by atoms with Crippen LogP contribution in [0.25, 0.3) is 0 Å². The fourth-order valence-electron chi connectivity index (χ4n) is 3.22. The summed E-state index contributed by atoms with van der Waals surface area (Å²) in [5, 5.41) is 12.2.